The SMILES string of the molecule is CN=C(NCc1ccc(OC)cc1)NCc1ccnc2ccccc12. The Morgan fingerprint density at radius 1 is 1.00 bits per heavy atom. The molecule has 25 heavy (non-hydrogen) atoms. The molecule has 0 atom stereocenters. The van der Waals surface area contributed by atoms with Crippen molar-refractivity contribution in [3.63, 3.8) is 0 Å². The van der Waals surface area contributed by atoms with E-state index in [0.717, 1.165) is 28.2 Å². The van der Waals surface area contributed by atoms with Crippen LogP contribution in [0.15, 0.2) is 65.8 Å². The van der Waals surface area contributed by atoms with E-state index in [1.807, 2.05) is 54.7 Å². The van der Waals surface area contributed by atoms with Gasteiger partial charge < -0.3 is 15.4 Å². The minimum Gasteiger partial charge on any atom is -0.497 e. The molecule has 5 nitrogen and oxygen atoms in total. The molecule has 0 saturated heterocycles. The number of ether oxygens (including phenoxy) is 1. The first-order valence-electron chi connectivity index (χ1n) is 8.20. The largest absolute Gasteiger partial charge is 0.497 e. The number of para-hydroxylation sites is 1. The van der Waals surface area contributed by atoms with Gasteiger partial charge >= 0.3 is 0 Å². The lowest BCUT2D eigenvalue weighted by atomic mass is 10.1. The predicted octanol–water partition coefficient (Wildman–Crippen LogP) is 3.11. The van der Waals surface area contributed by atoms with Gasteiger partial charge in [-0.1, -0.05) is 30.3 Å². The number of nitrogens with zero attached hydrogens (tertiary/aromatic N) is 2. The number of hydrogen-bond donors (Lipinski definition) is 2. The molecule has 2 N–H and O–H groups in total. The third-order valence-corrected chi connectivity index (χ3v) is 4.03. The maximum atomic E-state index is 5.18. The maximum absolute atomic E-state index is 5.18. The minimum atomic E-state index is 0.686. The van der Waals surface area contributed by atoms with Crippen LogP contribution in [-0.4, -0.2) is 25.1 Å². The molecule has 0 bridgehead atoms. The number of aromatic nitrogens is 1. The zero-order valence-electron chi connectivity index (χ0n) is 14.5. The highest BCUT2D eigenvalue weighted by atomic mass is 16.5. The first-order valence-corrected chi connectivity index (χ1v) is 8.20. The third kappa shape index (κ3) is 4.26. The molecular formula is C20H22N4O. The van der Waals surface area contributed by atoms with Crippen LogP contribution in [0.3, 0.4) is 0 Å². The Balaban J connectivity index is 1.60. The Morgan fingerprint density at radius 2 is 1.76 bits per heavy atom. The van der Waals surface area contributed by atoms with Crippen molar-refractivity contribution >= 4 is 16.9 Å². The van der Waals surface area contributed by atoms with Gasteiger partial charge in [0.1, 0.15) is 5.75 Å². The molecule has 0 spiro atoms. The Bertz CT molecular complexity index is 854. The Kier molecular flexibility index (Phi) is 5.46. The molecule has 0 aliphatic carbocycles. The fraction of sp³-hybridized carbons (Fsp3) is 0.200. The van der Waals surface area contributed by atoms with Crippen molar-refractivity contribution < 1.29 is 4.74 Å². The normalized spacial score (nSPS) is 11.4. The Labute approximate surface area is 147 Å². The molecule has 0 unspecified atom stereocenters. The van der Waals surface area contributed by atoms with Gasteiger partial charge in [0.05, 0.1) is 12.6 Å². The third-order valence-electron chi connectivity index (χ3n) is 4.03. The maximum Gasteiger partial charge on any atom is 0.191 e. The van der Waals surface area contributed by atoms with E-state index in [2.05, 4.69) is 26.7 Å². The van der Waals surface area contributed by atoms with Crippen LogP contribution in [0.1, 0.15) is 11.1 Å². The van der Waals surface area contributed by atoms with Crippen LogP contribution in [0.25, 0.3) is 10.9 Å². The van der Waals surface area contributed by atoms with E-state index in [1.165, 1.54) is 5.56 Å². The van der Waals surface area contributed by atoms with Crippen molar-refractivity contribution in [1.82, 2.24) is 15.6 Å². The number of benzene rings is 2. The summed E-state index contributed by atoms with van der Waals surface area (Å²) in [6, 6.07) is 18.2. The number of methoxy groups -OCH3 is 1. The Hall–Kier alpha value is -3.08. The highest BCUT2D eigenvalue weighted by Crippen LogP contribution is 2.15. The summed E-state index contributed by atoms with van der Waals surface area (Å²) in [4.78, 5) is 8.68. The number of rotatable bonds is 5. The van der Waals surface area contributed by atoms with E-state index in [1.54, 1.807) is 14.2 Å². The van der Waals surface area contributed by atoms with E-state index in [0.29, 0.717) is 13.1 Å². The number of fused-ring (bicyclic) bond motifs is 1. The second kappa shape index (κ2) is 8.15. The van der Waals surface area contributed by atoms with Crippen LogP contribution in [0.2, 0.25) is 0 Å². The number of aliphatic imine (C=N–C) groups is 1. The molecule has 3 aromatic rings. The topological polar surface area (TPSA) is 58.5 Å². The lowest BCUT2D eigenvalue weighted by molar-refractivity contribution is 0.414. The fourth-order valence-electron chi connectivity index (χ4n) is 2.64. The zero-order valence-corrected chi connectivity index (χ0v) is 14.5. The second-order valence-electron chi connectivity index (χ2n) is 5.61. The molecule has 0 aliphatic heterocycles. The van der Waals surface area contributed by atoms with Gasteiger partial charge in [-0.15, -0.1) is 0 Å². The van der Waals surface area contributed by atoms with Crippen molar-refractivity contribution in [2.24, 2.45) is 4.99 Å². The number of pyridine rings is 1. The van der Waals surface area contributed by atoms with Crippen molar-refractivity contribution in [1.29, 1.82) is 0 Å². The average molecular weight is 334 g/mol. The Morgan fingerprint density at radius 3 is 2.52 bits per heavy atom. The summed E-state index contributed by atoms with van der Waals surface area (Å²) in [5.41, 5.74) is 3.36. The monoisotopic (exact) mass is 334 g/mol. The summed E-state index contributed by atoms with van der Waals surface area (Å²) in [5.74, 6) is 1.62. The summed E-state index contributed by atoms with van der Waals surface area (Å²) in [6.07, 6.45) is 1.84. The van der Waals surface area contributed by atoms with Gasteiger partial charge in [-0.3, -0.25) is 9.98 Å². The van der Waals surface area contributed by atoms with Gasteiger partial charge in [0.15, 0.2) is 5.96 Å². The number of nitrogens with one attached hydrogen (secondary N) is 2. The van der Waals surface area contributed by atoms with Crippen LogP contribution < -0.4 is 15.4 Å². The molecule has 2 aromatic carbocycles. The summed E-state index contributed by atoms with van der Waals surface area (Å²) in [6.45, 7) is 1.38. The predicted molar refractivity (Wildman–Crippen MR) is 102 cm³/mol. The fourth-order valence-corrected chi connectivity index (χ4v) is 2.64. The molecule has 5 heteroatoms. The van der Waals surface area contributed by atoms with E-state index < -0.39 is 0 Å². The van der Waals surface area contributed by atoms with Crippen molar-refractivity contribution in [2.75, 3.05) is 14.2 Å². The molecule has 0 aliphatic rings. The quantitative estimate of drug-likeness (QED) is 0.556. The molecule has 1 aromatic heterocycles. The lowest BCUT2D eigenvalue weighted by Crippen LogP contribution is -2.36. The molecule has 0 saturated carbocycles. The molecule has 128 valence electrons. The standard InChI is InChI=1S/C20H22N4O/c1-21-20(23-13-15-7-9-17(25-2)10-8-15)24-14-16-11-12-22-19-6-4-3-5-18(16)19/h3-12H,13-14H2,1-2H3,(H2,21,23,24). The first kappa shape index (κ1) is 16.8. The molecule has 0 radical (unpaired) electrons. The van der Waals surface area contributed by atoms with Gasteiger partial charge in [-0.25, -0.2) is 0 Å². The first-order chi connectivity index (χ1) is 12.3. The van der Waals surface area contributed by atoms with Crippen molar-refractivity contribution in [2.45, 2.75) is 13.1 Å². The van der Waals surface area contributed by atoms with Gasteiger partial charge in [-0.05, 0) is 35.4 Å². The molecule has 1 heterocycles. The minimum absolute atomic E-state index is 0.686. The summed E-state index contributed by atoms with van der Waals surface area (Å²) < 4.78 is 5.18. The summed E-state index contributed by atoms with van der Waals surface area (Å²) in [5, 5.41) is 7.84. The molecule has 0 amide bonds. The second-order valence-corrected chi connectivity index (χ2v) is 5.61. The highest BCUT2D eigenvalue weighted by molar-refractivity contribution is 5.83. The van der Waals surface area contributed by atoms with E-state index in [4.69, 9.17) is 4.74 Å². The summed E-state index contributed by atoms with van der Waals surface area (Å²) in [7, 11) is 3.44. The van der Waals surface area contributed by atoms with E-state index in [9.17, 15) is 0 Å². The van der Waals surface area contributed by atoms with Crippen LogP contribution in [0.4, 0.5) is 0 Å². The highest BCUT2D eigenvalue weighted by Gasteiger charge is 2.03. The van der Waals surface area contributed by atoms with Crippen LogP contribution >= 0.6 is 0 Å². The molecule has 3 rings (SSSR count). The van der Waals surface area contributed by atoms with Crippen molar-refractivity contribution in [3.8, 4) is 5.75 Å². The van der Waals surface area contributed by atoms with E-state index in [-0.39, 0.29) is 0 Å². The average Bonchev–Trinajstić information content (AvgIpc) is 2.68. The van der Waals surface area contributed by atoms with Crippen LogP contribution in [-0.2, 0) is 13.1 Å². The lowest BCUT2D eigenvalue weighted by Gasteiger charge is -2.13. The van der Waals surface area contributed by atoms with Crippen molar-refractivity contribution in [3.05, 3.63) is 71.9 Å². The molecule has 0 fully saturated rings. The number of guanidine groups is 1. The summed E-state index contributed by atoms with van der Waals surface area (Å²) >= 11 is 0. The van der Waals surface area contributed by atoms with E-state index >= 15 is 0 Å². The van der Waals surface area contributed by atoms with Crippen LogP contribution in [0, 0.1) is 0 Å². The number of hydrogen-bond acceptors (Lipinski definition) is 3. The van der Waals surface area contributed by atoms with Crippen LogP contribution in [0.5, 0.6) is 5.75 Å². The van der Waals surface area contributed by atoms with Gasteiger partial charge in [0, 0.05) is 31.7 Å². The smallest absolute Gasteiger partial charge is 0.191 e. The van der Waals surface area contributed by atoms with Gasteiger partial charge in [0.2, 0.25) is 0 Å². The molecular weight excluding hydrogens is 312 g/mol. The van der Waals surface area contributed by atoms with Gasteiger partial charge in [-0.2, -0.15) is 0 Å². The zero-order chi connectivity index (χ0) is 17.5. The van der Waals surface area contributed by atoms with Gasteiger partial charge in [0.25, 0.3) is 0 Å².